The van der Waals surface area contributed by atoms with E-state index in [0.717, 1.165) is 19.3 Å². The molecule has 0 aliphatic heterocycles. The molecule has 1 saturated carbocycles. The lowest BCUT2D eigenvalue weighted by Crippen LogP contribution is -2.39. The van der Waals surface area contributed by atoms with Crippen molar-refractivity contribution < 1.29 is 8.42 Å². The van der Waals surface area contributed by atoms with E-state index in [9.17, 15) is 8.42 Å². The molecule has 0 unspecified atom stereocenters. The van der Waals surface area contributed by atoms with Crippen LogP contribution in [0, 0.1) is 0 Å². The van der Waals surface area contributed by atoms with E-state index in [-0.39, 0.29) is 10.9 Å². The summed E-state index contributed by atoms with van der Waals surface area (Å²) in [6, 6.07) is 2.93. The zero-order valence-electron chi connectivity index (χ0n) is 8.68. The second-order valence-corrected chi connectivity index (χ2v) is 5.48. The molecule has 6 nitrogen and oxygen atoms in total. The average molecular weight is 242 g/mol. The number of sulfonamides is 1. The van der Waals surface area contributed by atoms with E-state index >= 15 is 0 Å². The van der Waals surface area contributed by atoms with Crippen LogP contribution >= 0.6 is 0 Å². The van der Waals surface area contributed by atoms with Crippen LogP contribution in [0.15, 0.2) is 23.2 Å². The Hall–Kier alpha value is -1.18. The predicted octanol–water partition coefficient (Wildman–Crippen LogP) is 0.198. The van der Waals surface area contributed by atoms with Crippen molar-refractivity contribution in [2.75, 3.05) is 5.43 Å². The van der Waals surface area contributed by atoms with Crippen molar-refractivity contribution in [2.24, 2.45) is 5.84 Å². The minimum absolute atomic E-state index is 0.0763. The van der Waals surface area contributed by atoms with Gasteiger partial charge in [0, 0.05) is 18.3 Å². The quantitative estimate of drug-likeness (QED) is 0.517. The number of nitrogens with zero attached hydrogens (tertiary/aromatic N) is 1. The molecule has 1 aromatic rings. The summed E-state index contributed by atoms with van der Waals surface area (Å²) in [6.45, 7) is 0. The SMILES string of the molecule is NNc1cc(S(=O)(=O)NC2CCC2)ccn1. The highest BCUT2D eigenvalue weighted by molar-refractivity contribution is 7.89. The third-order valence-electron chi connectivity index (χ3n) is 2.62. The summed E-state index contributed by atoms with van der Waals surface area (Å²) in [5.41, 5.74) is 2.32. The fourth-order valence-electron chi connectivity index (χ4n) is 1.47. The van der Waals surface area contributed by atoms with Crippen LogP contribution in [-0.2, 0) is 10.0 Å². The summed E-state index contributed by atoms with van der Waals surface area (Å²) in [5.74, 6) is 5.50. The van der Waals surface area contributed by atoms with Crippen molar-refractivity contribution in [1.29, 1.82) is 0 Å². The normalized spacial score (nSPS) is 16.8. The van der Waals surface area contributed by atoms with E-state index in [1.165, 1.54) is 18.3 Å². The molecule has 1 aromatic heterocycles. The van der Waals surface area contributed by atoms with Crippen molar-refractivity contribution in [2.45, 2.75) is 30.2 Å². The molecule has 4 N–H and O–H groups in total. The maximum Gasteiger partial charge on any atom is 0.241 e. The van der Waals surface area contributed by atoms with Crippen molar-refractivity contribution in [1.82, 2.24) is 9.71 Å². The third kappa shape index (κ3) is 2.31. The highest BCUT2D eigenvalue weighted by atomic mass is 32.2. The number of pyridine rings is 1. The fraction of sp³-hybridized carbons (Fsp3) is 0.444. The summed E-state index contributed by atoms with van der Waals surface area (Å²) in [7, 11) is -3.44. The van der Waals surface area contributed by atoms with Crippen LogP contribution in [0.1, 0.15) is 19.3 Å². The maximum absolute atomic E-state index is 11.9. The topological polar surface area (TPSA) is 97.1 Å². The number of anilines is 1. The summed E-state index contributed by atoms with van der Waals surface area (Å²) < 4.78 is 26.4. The Labute approximate surface area is 94.3 Å². The molecule has 2 rings (SSSR count). The van der Waals surface area contributed by atoms with Crippen LogP contribution in [0.3, 0.4) is 0 Å². The molecule has 1 aliphatic rings. The minimum Gasteiger partial charge on any atom is -0.308 e. The zero-order valence-corrected chi connectivity index (χ0v) is 9.50. The average Bonchev–Trinajstić information content (AvgIpc) is 2.24. The van der Waals surface area contributed by atoms with Crippen LogP contribution in [-0.4, -0.2) is 19.4 Å². The molecule has 0 saturated heterocycles. The molecular formula is C9H14N4O2S. The Balaban J connectivity index is 2.20. The number of nitrogens with one attached hydrogen (secondary N) is 2. The van der Waals surface area contributed by atoms with E-state index in [1.807, 2.05) is 0 Å². The summed E-state index contributed by atoms with van der Waals surface area (Å²) in [4.78, 5) is 4.04. The van der Waals surface area contributed by atoms with E-state index < -0.39 is 10.0 Å². The van der Waals surface area contributed by atoms with Crippen LogP contribution in [0.4, 0.5) is 5.82 Å². The molecule has 16 heavy (non-hydrogen) atoms. The largest absolute Gasteiger partial charge is 0.308 e. The summed E-state index contributed by atoms with van der Waals surface area (Å²) >= 11 is 0. The molecular weight excluding hydrogens is 228 g/mol. The molecule has 0 spiro atoms. The Morgan fingerprint density at radius 1 is 1.44 bits per heavy atom. The van der Waals surface area contributed by atoms with E-state index in [4.69, 9.17) is 5.84 Å². The van der Waals surface area contributed by atoms with Crippen molar-refractivity contribution >= 4 is 15.8 Å². The van der Waals surface area contributed by atoms with Gasteiger partial charge < -0.3 is 5.43 Å². The van der Waals surface area contributed by atoms with Gasteiger partial charge in [-0.25, -0.2) is 24.0 Å². The molecule has 0 aromatic carbocycles. The van der Waals surface area contributed by atoms with Gasteiger partial charge >= 0.3 is 0 Å². The molecule has 1 aliphatic carbocycles. The third-order valence-corrected chi connectivity index (χ3v) is 4.13. The van der Waals surface area contributed by atoms with E-state index in [2.05, 4.69) is 15.1 Å². The molecule has 0 atom stereocenters. The monoisotopic (exact) mass is 242 g/mol. The molecule has 0 radical (unpaired) electrons. The first kappa shape index (κ1) is 11.3. The standard InChI is InChI=1S/C9H14N4O2S/c10-12-9-6-8(4-5-11-9)16(14,15)13-7-2-1-3-7/h4-7,13H,1-3,10H2,(H,11,12). The zero-order chi connectivity index (χ0) is 11.6. The lowest BCUT2D eigenvalue weighted by molar-refractivity contribution is 0.383. The van der Waals surface area contributed by atoms with Gasteiger partial charge in [-0.05, 0) is 18.9 Å². The van der Waals surface area contributed by atoms with Gasteiger partial charge in [0.05, 0.1) is 4.90 Å². The van der Waals surface area contributed by atoms with Crippen LogP contribution in [0.5, 0.6) is 0 Å². The number of nitrogens with two attached hydrogens (primary N) is 1. The molecule has 1 fully saturated rings. The van der Waals surface area contributed by atoms with Crippen LogP contribution < -0.4 is 16.0 Å². The number of hydrogen-bond donors (Lipinski definition) is 3. The van der Waals surface area contributed by atoms with Gasteiger partial charge in [-0.15, -0.1) is 0 Å². The van der Waals surface area contributed by atoms with Gasteiger partial charge in [0.2, 0.25) is 10.0 Å². The Kier molecular flexibility index (Phi) is 3.08. The van der Waals surface area contributed by atoms with Gasteiger partial charge in [0.1, 0.15) is 5.82 Å². The highest BCUT2D eigenvalue weighted by Gasteiger charge is 2.24. The predicted molar refractivity (Wildman–Crippen MR) is 60.0 cm³/mol. The number of aromatic nitrogens is 1. The van der Waals surface area contributed by atoms with Gasteiger partial charge in [-0.3, -0.25) is 0 Å². The Bertz CT molecular complexity index is 470. The molecule has 88 valence electrons. The summed E-state index contributed by atoms with van der Waals surface area (Å²) in [5, 5.41) is 0. The van der Waals surface area contributed by atoms with Crippen molar-refractivity contribution in [3.63, 3.8) is 0 Å². The molecule has 1 heterocycles. The molecule has 7 heteroatoms. The molecule has 0 amide bonds. The molecule has 0 bridgehead atoms. The Morgan fingerprint density at radius 2 is 2.19 bits per heavy atom. The second-order valence-electron chi connectivity index (χ2n) is 3.77. The van der Waals surface area contributed by atoms with E-state index in [0.29, 0.717) is 5.82 Å². The van der Waals surface area contributed by atoms with Crippen molar-refractivity contribution in [3.05, 3.63) is 18.3 Å². The van der Waals surface area contributed by atoms with E-state index in [1.54, 1.807) is 0 Å². The van der Waals surface area contributed by atoms with Gasteiger partial charge in [-0.2, -0.15) is 0 Å². The van der Waals surface area contributed by atoms with Crippen LogP contribution in [0.25, 0.3) is 0 Å². The summed E-state index contributed by atoms with van der Waals surface area (Å²) in [6.07, 6.45) is 4.31. The fourth-order valence-corrected chi connectivity index (χ4v) is 2.79. The first-order valence-electron chi connectivity index (χ1n) is 5.07. The Morgan fingerprint density at radius 3 is 2.75 bits per heavy atom. The minimum atomic E-state index is -3.44. The smallest absolute Gasteiger partial charge is 0.241 e. The van der Waals surface area contributed by atoms with Crippen LogP contribution in [0.2, 0.25) is 0 Å². The lowest BCUT2D eigenvalue weighted by atomic mass is 9.94. The van der Waals surface area contributed by atoms with Gasteiger partial charge in [-0.1, -0.05) is 6.42 Å². The first-order chi connectivity index (χ1) is 7.62. The number of hydrogen-bond acceptors (Lipinski definition) is 5. The van der Waals surface area contributed by atoms with Crippen molar-refractivity contribution in [3.8, 4) is 0 Å². The maximum atomic E-state index is 11.9. The number of hydrazine groups is 1. The number of rotatable bonds is 4. The lowest BCUT2D eigenvalue weighted by Gasteiger charge is -2.26. The van der Waals surface area contributed by atoms with Gasteiger partial charge in [0.25, 0.3) is 0 Å². The van der Waals surface area contributed by atoms with Gasteiger partial charge in [0.15, 0.2) is 0 Å². The highest BCUT2D eigenvalue weighted by Crippen LogP contribution is 2.21. The second kappa shape index (κ2) is 4.36. The first-order valence-corrected chi connectivity index (χ1v) is 6.55. The number of nitrogen functional groups attached to an aromatic ring is 1.